The predicted molar refractivity (Wildman–Crippen MR) is 71.7 cm³/mol. The number of hydrogen-bond acceptors (Lipinski definition) is 3. The molecule has 0 bridgehead atoms. The lowest BCUT2D eigenvalue weighted by Crippen LogP contribution is -2.40. The summed E-state index contributed by atoms with van der Waals surface area (Å²) in [6.07, 6.45) is 3.70. The molecule has 18 heavy (non-hydrogen) atoms. The van der Waals surface area contributed by atoms with Crippen molar-refractivity contribution in [2.24, 2.45) is 0 Å². The summed E-state index contributed by atoms with van der Waals surface area (Å²) in [5.41, 5.74) is 0.522. The molecule has 0 aromatic heterocycles. The van der Waals surface area contributed by atoms with Crippen molar-refractivity contribution in [3.05, 3.63) is 24.0 Å². The first-order chi connectivity index (χ1) is 8.70. The molecule has 1 fully saturated rings. The molecule has 1 aliphatic rings. The van der Waals surface area contributed by atoms with E-state index in [0.29, 0.717) is 17.5 Å². The number of halogens is 1. The lowest BCUT2D eigenvalue weighted by Gasteiger charge is -2.32. The minimum absolute atomic E-state index is 0.228. The monoisotopic (exact) mass is 252 g/mol. The van der Waals surface area contributed by atoms with E-state index in [0.717, 1.165) is 13.1 Å². The zero-order valence-electron chi connectivity index (χ0n) is 11.1. The fraction of sp³-hybridized carbons (Fsp3) is 0.571. The van der Waals surface area contributed by atoms with Crippen LogP contribution < -0.4 is 10.1 Å². The molecule has 0 saturated carbocycles. The Bertz CT molecular complexity index is 397. The van der Waals surface area contributed by atoms with Crippen LogP contribution in [0.15, 0.2) is 18.2 Å². The lowest BCUT2D eigenvalue weighted by molar-refractivity contribution is 0.194. The van der Waals surface area contributed by atoms with E-state index in [2.05, 4.69) is 17.3 Å². The van der Waals surface area contributed by atoms with Crippen LogP contribution in [0.1, 0.15) is 19.3 Å². The maximum Gasteiger partial charge on any atom is 0.146 e. The van der Waals surface area contributed by atoms with E-state index < -0.39 is 0 Å². The molecule has 0 radical (unpaired) electrons. The number of nitrogens with zero attached hydrogens (tertiary/aromatic N) is 1. The minimum Gasteiger partial charge on any atom is -0.497 e. The Morgan fingerprint density at radius 2 is 2.28 bits per heavy atom. The number of methoxy groups -OCH3 is 1. The summed E-state index contributed by atoms with van der Waals surface area (Å²) in [7, 11) is 3.72. The van der Waals surface area contributed by atoms with Gasteiger partial charge in [0.2, 0.25) is 0 Å². The van der Waals surface area contributed by atoms with Gasteiger partial charge in [0, 0.05) is 18.7 Å². The number of rotatable bonds is 4. The smallest absolute Gasteiger partial charge is 0.146 e. The number of likely N-dealkylation sites (tertiary alicyclic amines) is 1. The third kappa shape index (κ3) is 3.13. The SMILES string of the molecule is COc1ccc(F)c(NCC2CCCCN2C)c1. The molecule has 0 amide bonds. The quantitative estimate of drug-likeness (QED) is 0.891. The topological polar surface area (TPSA) is 24.5 Å². The molecule has 1 aromatic carbocycles. The van der Waals surface area contributed by atoms with E-state index >= 15 is 0 Å². The molecule has 1 saturated heterocycles. The van der Waals surface area contributed by atoms with Crippen molar-refractivity contribution in [2.45, 2.75) is 25.3 Å². The molecule has 1 unspecified atom stereocenters. The van der Waals surface area contributed by atoms with Crippen molar-refractivity contribution >= 4 is 5.69 Å². The molecule has 3 nitrogen and oxygen atoms in total. The fourth-order valence-corrected chi connectivity index (χ4v) is 2.40. The van der Waals surface area contributed by atoms with Crippen LogP contribution in [0, 0.1) is 5.82 Å². The molecule has 0 aliphatic carbocycles. The highest BCUT2D eigenvalue weighted by Crippen LogP contribution is 2.22. The van der Waals surface area contributed by atoms with Crippen molar-refractivity contribution in [1.29, 1.82) is 0 Å². The first-order valence-electron chi connectivity index (χ1n) is 6.48. The highest BCUT2D eigenvalue weighted by atomic mass is 19.1. The summed E-state index contributed by atoms with van der Waals surface area (Å²) in [6, 6.07) is 5.27. The molecule has 1 aromatic rings. The zero-order valence-corrected chi connectivity index (χ0v) is 11.1. The van der Waals surface area contributed by atoms with Gasteiger partial charge >= 0.3 is 0 Å². The Hall–Kier alpha value is -1.29. The average molecular weight is 252 g/mol. The van der Waals surface area contributed by atoms with E-state index in [-0.39, 0.29) is 5.82 Å². The van der Waals surface area contributed by atoms with Crippen molar-refractivity contribution in [3.63, 3.8) is 0 Å². The molecule has 1 aliphatic heterocycles. The molecular formula is C14H21FN2O. The van der Waals surface area contributed by atoms with E-state index in [4.69, 9.17) is 4.74 Å². The highest BCUT2D eigenvalue weighted by Gasteiger charge is 2.18. The Balaban J connectivity index is 1.96. The second-order valence-corrected chi connectivity index (χ2v) is 4.86. The second kappa shape index (κ2) is 6.05. The van der Waals surface area contributed by atoms with Gasteiger partial charge in [-0.2, -0.15) is 0 Å². The van der Waals surface area contributed by atoms with Crippen LogP contribution in [0.25, 0.3) is 0 Å². The van der Waals surface area contributed by atoms with Gasteiger partial charge in [-0.3, -0.25) is 0 Å². The van der Waals surface area contributed by atoms with E-state index in [9.17, 15) is 4.39 Å². The summed E-state index contributed by atoms with van der Waals surface area (Å²) in [5, 5.41) is 3.19. The van der Waals surface area contributed by atoms with Crippen LogP contribution in [0.3, 0.4) is 0 Å². The minimum atomic E-state index is -0.228. The van der Waals surface area contributed by atoms with Gasteiger partial charge in [-0.15, -0.1) is 0 Å². The van der Waals surface area contributed by atoms with E-state index in [1.165, 1.54) is 25.3 Å². The Morgan fingerprint density at radius 1 is 1.44 bits per heavy atom. The Kier molecular flexibility index (Phi) is 4.42. The number of nitrogens with one attached hydrogen (secondary N) is 1. The summed E-state index contributed by atoms with van der Waals surface area (Å²) < 4.78 is 18.7. The largest absolute Gasteiger partial charge is 0.497 e. The fourth-order valence-electron chi connectivity index (χ4n) is 2.40. The first-order valence-corrected chi connectivity index (χ1v) is 6.48. The normalized spacial score (nSPS) is 20.7. The van der Waals surface area contributed by atoms with E-state index in [1.54, 1.807) is 19.2 Å². The van der Waals surface area contributed by atoms with Crippen LogP contribution in [-0.4, -0.2) is 38.2 Å². The van der Waals surface area contributed by atoms with Crippen molar-refractivity contribution < 1.29 is 9.13 Å². The summed E-state index contributed by atoms with van der Waals surface area (Å²) >= 11 is 0. The molecule has 4 heteroatoms. The van der Waals surface area contributed by atoms with Crippen molar-refractivity contribution in [3.8, 4) is 5.75 Å². The molecule has 0 spiro atoms. The van der Waals surface area contributed by atoms with Crippen LogP contribution in [-0.2, 0) is 0 Å². The van der Waals surface area contributed by atoms with Gasteiger partial charge in [-0.25, -0.2) is 4.39 Å². The molecule has 1 atom stereocenters. The third-order valence-corrected chi connectivity index (χ3v) is 3.62. The van der Waals surface area contributed by atoms with E-state index in [1.807, 2.05) is 0 Å². The molecule has 2 rings (SSSR count). The predicted octanol–water partition coefficient (Wildman–Crippen LogP) is 2.73. The molecule has 1 N–H and O–H groups in total. The number of ether oxygens (including phenoxy) is 1. The van der Waals surface area contributed by atoms with Gasteiger partial charge in [0.15, 0.2) is 0 Å². The Labute approximate surface area is 108 Å². The molecule has 1 heterocycles. The van der Waals surface area contributed by atoms with Crippen LogP contribution in [0.2, 0.25) is 0 Å². The maximum atomic E-state index is 13.6. The van der Waals surface area contributed by atoms with Crippen LogP contribution in [0.5, 0.6) is 5.75 Å². The van der Waals surface area contributed by atoms with Crippen LogP contribution >= 0.6 is 0 Å². The standard InChI is InChI=1S/C14H21FN2O/c1-17-8-4-3-5-11(17)10-16-14-9-12(18-2)6-7-13(14)15/h6-7,9,11,16H,3-5,8,10H2,1-2H3. The summed E-state index contributed by atoms with van der Waals surface area (Å²) in [5.74, 6) is 0.449. The molecular weight excluding hydrogens is 231 g/mol. The van der Waals surface area contributed by atoms with Crippen LogP contribution in [0.4, 0.5) is 10.1 Å². The van der Waals surface area contributed by atoms with Gasteiger partial charge in [-0.05, 0) is 38.6 Å². The summed E-state index contributed by atoms with van der Waals surface area (Å²) in [6.45, 7) is 1.91. The number of likely N-dealkylation sites (N-methyl/N-ethyl adjacent to an activating group) is 1. The zero-order chi connectivity index (χ0) is 13.0. The van der Waals surface area contributed by atoms with Crippen molar-refractivity contribution in [1.82, 2.24) is 4.90 Å². The number of piperidine rings is 1. The van der Waals surface area contributed by atoms with Gasteiger partial charge in [0.05, 0.1) is 12.8 Å². The average Bonchev–Trinajstić information content (AvgIpc) is 2.39. The number of hydrogen-bond donors (Lipinski definition) is 1. The highest BCUT2D eigenvalue weighted by molar-refractivity contribution is 5.49. The van der Waals surface area contributed by atoms with Gasteiger partial charge in [0.25, 0.3) is 0 Å². The van der Waals surface area contributed by atoms with Gasteiger partial charge in [-0.1, -0.05) is 6.42 Å². The lowest BCUT2D eigenvalue weighted by atomic mass is 10.0. The Morgan fingerprint density at radius 3 is 3.00 bits per heavy atom. The number of anilines is 1. The first kappa shape index (κ1) is 13.1. The summed E-state index contributed by atoms with van der Waals surface area (Å²) in [4.78, 5) is 2.34. The maximum absolute atomic E-state index is 13.6. The third-order valence-electron chi connectivity index (χ3n) is 3.62. The van der Waals surface area contributed by atoms with Gasteiger partial charge < -0.3 is 15.0 Å². The van der Waals surface area contributed by atoms with Crippen molar-refractivity contribution in [2.75, 3.05) is 32.6 Å². The second-order valence-electron chi connectivity index (χ2n) is 4.86. The number of benzene rings is 1. The van der Waals surface area contributed by atoms with Gasteiger partial charge in [0.1, 0.15) is 11.6 Å². The molecule has 100 valence electrons.